The Morgan fingerprint density at radius 2 is 1.02 bits per heavy atom. The average Bonchev–Trinajstić information content (AvgIpc) is 3.84. The molecule has 2 N–H and O–H groups in total. The highest BCUT2D eigenvalue weighted by Crippen LogP contribution is 2.44. The third kappa shape index (κ3) is 6.78. The van der Waals surface area contributed by atoms with Crippen LogP contribution >= 0.6 is 0 Å². The van der Waals surface area contributed by atoms with Crippen molar-refractivity contribution in [3.8, 4) is 16.8 Å². The monoisotopic (exact) mass is 789 g/mol. The van der Waals surface area contributed by atoms with Gasteiger partial charge in [-0.05, 0) is 94.5 Å². The first kappa shape index (κ1) is 39.3. The van der Waals surface area contributed by atoms with E-state index >= 15 is 0 Å². The van der Waals surface area contributed by atoms with Gasteiger partial charge in [0.25, 0.3) is 0 Å². The first-order valence-electron chi connectivity index (χ1n) is 21.4. The quantitative estimate of drug-likeness (QED) is 0.167. The van der Waals surface area contributed by atoms with Gasteiger partial charge in [-0.25, -0.2) is 0 Å². The van der Waals surface area contributed by atoms with E-state index in [1.807, 2.05) is 32.1 Å². The van der Waals surface area contributed by atoms with Crippen LogP contribution in [0, 0.1) is 0 Å². The molecule has 2 heterocycles. The Hall–Kier alpha value is -7.20. The van der Waals surface area contributed by atoms with Crippen LogP contribution in [0.5, 0.6) is 0 Å². The summed E-state index contributed by atoms with van der Waals surface area (Å²) in [6.07, 6.45) is 1.83. The lowest BCUT2D eigenvalue weighted by molar-refractivity contribution is 0.610. The Morgan fingerprint density at radius 1 is 0.492 bits per heavy atom. The molecular weight excluding hydrogens is 739 g/mol. The van der Waals surface area contributed by atoms with E-state index in [0.29, 0.717) is 0 Å². The molecule has 11 aromatic rings. The fraction of sp³-hybridized carbons (Fsp3) is 0.103. The number of aromatic nitrogens is 2. The van der Waals surface area contributed by atoms with Crippen molar-refractivity contribution in [2.45, 2.75) is 39.3 Å². The van der Waals surface area contributed by atoms with Gasteiger partial charge in [-0.1, -0.05) is 178 Å². The van der Waals surface area contributed by atoms with Gasteiger partial charge in [0.1, 0.15) is 0 Å². The summed E-state index contributed by atoms with van der Waals surface area (Å²) in [6.45, 7) is 12.3. The van der Waals surface area contributed by atoms with Crippen molar-refractivity contribution in [2.75, 3.05) is 0 Å². The van der Waals surface area contributed by atoms with Gasteiger partial charge in [-0.15, -0.1) is 6.58 Å². The van der Waals surface area contributed by atoms with Crippen LogP contribution in [-0.4, -0.2) is 9.13 Å². The molecule has 0 aliphatic heterocycles. The summed E-state index contributed by atoms with van der Waals surface area (Å²) in [5.74, 6) is 0. The van der Waals surface area contributed by atoms with E-state index in [1.165, 1.54) is 87.6 Å². The molecule has 2 aromatic heterocycles. The van der Waals surface area contributed by atoms with Crippen LogP contribution in [0.1, 0.15) is 45.0 Å². The predicted molar refractivity (Wildman–Crippen MR) is 264 cm³/mol. The molecule has 298 valence electrons. The Morgan fingerprint density at radius 3 is 1.66 bits per heavy atom. The highest BCUT2D eigenvalue weighted by Gasteiger charge is 2.25. The topological polar surface area (TPSA) is 35.9 Å². The minimum atomic E-state index is -0.180. The number of allylic oxidation sites excluding steroid dienone is 1. The molecule has 0 fully saturated rings. The Labute approximate surface area is 358 Å². The highest BCUT2D eigenvalue weighted by molar-refractivity contribution is 6.21. The molecule has 0 spiro atoms. The second-order valence-corrected chi connectivity index (χ2v) is 15.8. The van der Waals surface area contributed by atoms with Crippen LogP contribution in [0.15, 0.2) is 213 Å². The minimum absolute atomic E-state index is 0.109. The molecule has 3 heteroatoms. The SMILES string of the molecule is C=CC(C)(c1ccccc1)c1ccccc1.CC.CC(N)n1c2ccccc2c2cc3ccccc3c(-c3ccc4c(c3)c3ccccc3n4-c3ccc4ccccc4c3)c21. The first-order chi connectivity index (χ1) is 29.9. The molecule has 0 bridgehead atoms. The van der Waals surface area contributed by atoms with E-state index < -0.39 is 0 Å². The maximum Gasteiger partial charge on any atom is 0.0792 e. The maximum atomic E-state index is 6.71. The predicted octanol–water partition coefficient (Wildman–Crippen LogP) is 15.5. The van der Waals surface area contributed by atoms with Crippen molar-refractivity contribution < 1.29 is 0 Å². The van der Waals surface area contributed by atoms with Gasteiger partial charge in [0.05, 0.1) is 28.2 Å². The molecule has 0 saturated heterocycles. The summed E-state index contributed by atoms with van der Waals surface area (Å²) < 4.78 is 4.72. The highest BCUT2D eigenvalue weighted by atomic mass is 15.1. The molecule has 0 amide bonds. The van der Waals surface area contributed by atoms with E-state index in [4.69, 9.17) is 5.73 Å². The summed E-state index contributed by atoms with van der Waals surface area (Å²) in [5, 5.41) is 9.91. The zero-order chi connectivity index (χ0) is 42.1. The van der Waals surface area contributed by atoms with Crippen molar-refractivity contribution in [3.05, 3.63) is 224 Å². The molecule has 9 aromatic carbocycles. The van der Waals surface area contributed by atoms with Crippen molar-refractivity contribution in [1.29, 1.82) is 0 Å². The molecular formula is C58H51N3. The molecule has 0 aliphatic rings. The fourth-order valence-electron chi connectivity index (χ4n) is 9.23. The molecule has 0 saturated carbocycles. The van der Waals surface area contributed by atoms with Gasteiger partial charge in [-0.2, -0.15) is 0 Å². The lowest BCUT2D eigenvalue weighted by Crippen LogP contribution is -2.20. The zero-order valence-electron chi connectivity index (χ0n) is 35.4. The Kier molecular flexibility index (Phi) is 10.6. The van der Waals surface area contributed by atoms with E-state index in [0.717, 1.165) is 5.52 Å². The van der Waals surface area contributed by atoms with Gasteiger partial charge in [0.2, 0.25) is 0 Å². The van der Waals surface area contributed by atoms with Crippen molar-refractivity contribution >= 4 is 65.2 Å². The van der Waals surface area contributed by atoms with Crippen LogP contribution < -0.4 is 5.73 Å². The summed E-state index contributed by atoms with van der Waals surface area (Å²) in [6, 6.07) is 71.7. The third-order valence-corrected chi connectivity index (χ3v) is 12.2. The molecule has 61 heavy (non-hydrogen) atoms. The van der Waals surface area contributed by atoms with Gasteiger partial charge < -0.3 is 14.9 Å². The van der Waals surface area contributed by atoms with E-state index in [9.17, 15) is 0 Å². The minimum Gasteiger partial charge on any atom is -0.324 e. The Bertz CT molecular complexity index is 3290. The van der Waals surface area contributed by atoms with Crippen molar-refractivity contribution in [2.24, 2.45) is 5.73 Å². The van der Waals surface area contributed by atoms with Gasteiger partial charge >= 0.3 is 0 Å². The smallest absolute Gasteiger partial charge is 0.0792 e. The molecule has 1 unspecified atom stereocenters. The fourth-order valence-corrected chi connectivity index (χ4v) is 9.23. The average molecular weight is 790 g/mol. The van der Waals surface area contributed by atoms with E-state index in [2.05, 4.69) is 218 Å². The van der Waals surface area contributed by atoms with Crippen molar-refractivity contribution in [3.63, 3.8) is 0 Å². The Balaban J connectivity index is 0.000000223. The van der Waals surface area contributed by atoms with Crippen LogP contribution in [0.25, 0.3) is 82.0 Å². The first-order valence-corrected chi connectivity index (χ1v) is 21.4. The second-order valence-electron chi connectivity index (χ2n) is 15.8. The number of nitrogens with two attached hydrogens (primary N) is 1. The van der Waals surface area contributed by atoms with E-state index in [1.54, 1.807) is 0 Å². The zero-order valence-corrected chi connectivity index (χ0v) is 35.4. The summed E-state index contributed by atoms with van der Waals surface area (Å²) in [4.78, 5) is 0. The number of rotatable bonds is 6. The van der Waals surface area contributed by atoms with Crippen LogP contribution in [0.2, 0.25) is 0 Å². The van der Waals surface area contributed by atoms with Gasteiger partial charge in [0, 0.05) is 38.2 Å². The largest absolute Gasteiger partial charge is 0.324 e. The number of fused-ring (bicyclic) bond motifs is 8. The van der Waals surface area contributed by atoms with Crippen LogP contribution in [0.4, 0.5) is 0 Å². The maximum absolute atomic E-state index is 6.71. The number of para-hydroxylation sites is 2. The summed E-state index contributed by atoms with van der Waals surface area (Å²) >= 11 is 0. The van der Waals surface area contributed by atoms with Crippen molar-refractivity contribution in [1.82, 2.24) is 9.13 Å². The lowest BCUT2D eigenvalue weighted by Gasteiger charge is -2.27. The summed E-state index contributed by atoms with van der Waals surface area (Å²) in [7, 11) is 0. The standard InChI is InChI=1S/C40H29N3.C16H16.C2H6/c1-25(41)42-36-16-8-7-15-33(36)35-23-28-12-4-5-13-31(28)39(40(35)42)29-19-21-38-34(24-29)32-14-6-9-17-37(32)43(38)30-20-18-26-10-2-3-11-27(26)22-30;1-3-16(2,14-10-6-4-7-11-14)15-12-8-5-9-13-15;1-2/h2-25H,41H2,1H3;3-13H,1H2,2H3;1-2H3. The summed E-state index contributed by atoms with van der Waals surface area (Å²) in [5.41, 5.74) is 17.5. The number of nitrogens with zero attached hydrogens (tertiary/aromatic N) is 2. The molecule has 1 atom stereocenters. The van der Waals surface area contributed by atoms with Gasteiger partial charge in [0.15, 0.2) is 0 Å². The number of hydrogen-bond acceptors (Lipinski definition) is 1. The normalized spacial score (nSPS) is 12.0. The number of hydrogen-bond donors (Lipinski definition) is 1. The second kappa shape index (κ2) is 16.5. The van der Waals surface area contributed by atoms with Crippen LogP contribution in [0.3, 0.4) is 0 Å². The number of benzene rings is 9. The molecule has 0 aliphatic carbocycles. The van der Waals surface area contributed by atoms with Gasteiger partial charge in [-0.3, -0.25) is 0 Å². The lowest BCUT2D eigenvalue weighted by atomic mass is 9.76. The molecule has 0 radical (unpaired) electrons. The third-order valence-electron chi connectivity index (χ3n) is 12.2. The molecule has 11 rings (SSSR count). The van der Waals surface area contributed by atoms with E-state index in [-0.39, 0.29) is 11.6 Å². The molecule has 3 nitrogen and oxygen atoms in total. The van der Waals surface area contributed by atoms with Crippen LogP contribution in [-0.2, 0) is 5.41 Å².